The van der Waals surface area contributed by atoms with Gasteiger partial charge in [-0.25, -0.2) is 9.80 Å². The van der Waals surface area contributed by atoms with Gasteiger partial charge in [-0.1, -0.05) is 0 Å². The number of likely N-dealkylation sites (N-methyl/N-ethyl adjacent to an activating group) is 1. The van der Waals surface area contributed by atoms with Crippen LogP contribution in [0.25, 0.3) is 0 Å². The van der Waals surface area contributed by atoms with Crippen LogP contribution in [0.15, 0.2) is 18.2 Å². The van der Waals surface area contributed by atoms with Crippen molar-refractivity contribution in [2.75, 3.05) is 44.4 Å². The fraction of sp³-hybridized carbons (Fsp3) is 0.417. The summed E-state index contributed by atoms with van der Waals surface area (Å²) >= 11 is 0. The maximum atomic E-state index is 10.9. The summed E-state index contributed by atoms with van der Waals surface area (Å²) in [6.07, 6.45) is 0. The van der Waals surface area contributed by atoms with E-state index in [9.17, 15) is 4.79 Å². The molecule has 0 aromatic heterocycles. The molecule has 1 heterocycles. The Morgan fingerprint density at radius 1 is 1.33 bits per heavy atom. The number of nitrogens with one attached hydrogen (secondary N) is 1. The highest BCUT2D eigenvalue weighted by Gasteiger charge is 2.15. The van der Waals surface area contributed by atoms with Gasteiger partial charge in [0, 0.05) is 26.2 Å². The van der Waals surface area contributed by atoms with E-state index in [-0.39, 0.29) is 5.56 Å². The van der Waals surface area contributed by atoms with Crippen molar-refractivity contribution in [2.45, 2.75) is 0 Å². The molecule has 1 saturated heterocycles. The molecule has 98 valence electrons. The summed E-state index contributed by atoms with van der Waals surface area (Å²) in [6, 6.07) is 4.69. The van der Waals surface area contributed by atoms with Crippen molar-refractivity contribution in [2.24, 2.45) is 0 Å². The summed E-state index contributed by atoms with van der Waals surface area (Å²) in [6.45, 7) is 3.72. The third-order valence-electron chi connectivity index (χ3n) is 3.08. The Morgan fingerprint density at radius 3 is 2.61 bits per heavy atom. The molecule has 18 heavy (non-hydrogen) atoms. The number of carboxylic acid groups (broad SMARTS) is 1. The van der Waals surface area contributed by atoms with Crippen LogP contribution in [-0.4, -0.2) is 54.2 Å². The van der Waals surface area contributed by atoms with Gasteiger partial charge in [-0.2, -0.15) is 0 Å². The van der Waals surface area contributed by atoms with Gasteiger partial charge in [-0.15, -0.1) is 0 Å². The van der Waals surface area contributed by atoms with Crippen LogP contribution < -0.4 is 11.2 Å². The lowest BCUT2D eigenvalue weighted by Crippen LogP contribution is -2.47. The summed E-state index contributed by atoms with van der Waals surface area (Å²) in [5.41, 5.74) is 10.5. The number of anilines is 2. The van der Waals surface area contributed by atoms with Gasteiger partial charge >= 0.3 is 5.97 Å². The van der Waals surface area contributed by atoms with Crippen LogP contribution in [0.4, 0.5) is 11.4 Å². The standard InChI is InChI=1S/C12H18N4O2/c1-15-4-6-16(7-5-15)14-11-8-9(12(17)18)2-3-10(11)13/h2-3,8,14H,4-7,13H2,1H3,(H,17,18). The number of hydrogen-bond acceptors (Lipinski definition) is 5. The van der Waals surface area contributed by atoms with Crippen LogP contribution in [-0.2, 0) is 0 Å². The van der Waals surface area contributed by atoms with Gasteiger partial charge in [0.2, 0.25) is 0 Å². The second kappa shape index (κ2) is 5.24. The van der Waals surface area contributed by atoms with Crippen molar-refractivity contribution in [3.8, 4) is 0 Å². The van der Waals surface area contributed by atoms with Gasteiger partial charge in [-0.05, 0) is 25.2 Å². The number of aromatic carboxylic acids is 1. The Morgan fingerprint density at radius 2 is 2.00 bits per heavy atom. The molecule has 0 amide bonds. The number of hydrazine groups is 1. The van der Waals surface area contributed by atoms with Crippen LogP contribution in [0.1, 0.15) is 10.4 Å². The van der Waals surface area contributed by atoms with Gasteiger partial charge in [0.15, 0.2) is 0 Å². The van der Waals surface area contributed by atoms with Crippen LogP contribution in [0.5, 0.6) is 0 Å². The number of piperazine rings is 1. The van der Waals surface area contributed by atoms with E-state index in [4.69, 9.17) is 10.8 Å². The molecule has 0 radical (unpaired) electrons. The van der Waals surface area contributed by atoms with Crippen LogP contribution in [0.2, 0.25) is 0 Å². The smallest absolute Gasteiger partial charge is 0.335 e. The topological polar surface area (TPSA) is 81.8 Å². The summed E-state index contributed by atoms with van der Waals surface area (Å²) in [5, 5.41) is 11.0. The quantitative estimate of drug-likeness (QED) is 0.679. The molecular formula is C12H18N4O2. The molecule has 1 fully saturated rings. The normalized spacial score (nSPS) is 17.6. The molecular weight excluding hydrogens is 232 g/mol. The molecule has 1 aromatic rings. The summed E-state index contributed by atoms with van der Waals surface area (Å²) in [5.74, 6) is -0.948. The maximum Gasteiger partial charge on any atom is 0.335 e. The molecule has 2 rings (SSSR count). The number of carbonyl (C=O) groups is 1. The lowest BCUT2D eigenvalue weighted by molar-refractivity contribution is 0.0697. The number of hydrogen-bond donors (Lipinski definition) is 3. The van der Waals surface area contributed by atoms with Crippen molar-refractivity contribution in [1.82, 2.24) is 9.91 Å². The van der Waals surface area contributed by atoms with Crippen molar-refractivity contribution in [3.05, 3.63) is 23.8 Å². The molecule has 4 N–H and O–H groups in total. The molecule has 1 aliphatic heterocycles. The monoisotopic (exact) mass is 250 g/mol. The predicted molar refractivity (Wildman–Crippen MR) is 70.5 cm³/mol. The Bertz CT molecular complexity index is 442. The highest BCUT2D eigenvalue weighted by atomic mass is 16.4. The van der Waals surface area contributed by atoms with Crippen LogP contribution >= 0.6 is 0 Å². The molecule has 0 atom stereocenters. The second-order valence-electron chi connectivity index (χ2n) is 4.51. The van der Waals surface area contributed by atoms with E-state index >= 15 is 0 Å². The molecule has 0 spiro atoms. The van der Waals surface area contributed by atoms with Crippen molar-refractivity contribution >= 4 is 17.3 Å². The third-order valence-corrected chi connectivity index (χ3v) is 3.08. The Hall–Kier alpha value is -1.79. The van der Waals surface area contributed by atoms with Gasteiger partial charge in [0.1, 0.15) is 0 Å². The van der Waals surface area contributed by atoms with Gasteiger partial charge in [0.25, 0.3) is 0 Å². The zero-order chi connectivity index (χ0) is 13.1. The van der Waals surface area contributed by atoms with Crippen molar-refractivity contribution in [1.29, 1.82) is 0 Å². The number of rotatable bonds is 3. The Kier molecular flexibility index (Phi) is 3.69. The Balaban J connectivity index is 2.08. The Labute approximate surface area is 106 Å². The van der Waals surface area contributed by atoms with E-state index in [2.05, 4.69) is 22.4 Å². The van der Waals surface area contributed by atoms with Crippen molar-refractivity contribution < 1.29 is 9.90 Å². The second-order valence-corrected chi connectivity index (χ2v) is 4.51. The van der Waals surface area contributed by atoms with Crippen LogP contribution in [0, 0.1) is 0 Å². The molecule has 0 aliphatic carbocycles. The first kappa shape index (κ1) is 12.7. The molecule has 0 unspecified atom stereocenters. The largest absolute Gasteiger partial charge is 0.478 e. The summed E-state index contributed by atoms with van der Waals surface area (Å²) < 4.78 is 0. The van der Waals surface area contributed by atoms with Gasteiger partial charge in [-0.3, -0.25) is 0 Å². The van der Waals surface area contributed by atoms with E-state index in [0.29, 0.717) is 11.4 Å². The number of nitrogens with zero attached hydrogens (tertiary/aromatic N) is 2. The van der Waals surface area contributed by atoms with E-state index in [0.717, 1.165) is 26.2 Å². The van der Waals surface area contributed by atoms with Crippen molar-refractivity contribution in [3.63, 3.8) is 0 Å². The minimum Gasteiger partial charge on any atom is -0.478 e. The first-order valence-electron chi connectivity index (χ1n) is 5.89. The summed E-state index contributed by atoms with van der Waals surface area (Å²) in [7, 11) is 2.08. The fourth-order valence-electron chi connectivity index (χ4n) is 1.87. The zero-order valence-electron chi connectivity index (χ0n) is 10.4. The van der Waals surface area contributed by atoms with E-state index < -0.39 is 5.97 Å². The molecule has 0 bridgehead atoms. The average molecular weight is 250 g/mol. The predicted octanol–water partition coefficient (Wildman–Crippen LogP) is 0.541. The maximum absolute atomic E-state index is 10.9. The average Bonchev–Trinajstić information content (AvgIpc) is 2.34. The lowest BCUT2D eigenvalue weighted by atomic mass is 10.2. The first-order valence-corrected chi connectivity index (χ1v) is 5.89. The van der Waals surface area contributed by atoms with E-state index in [1.807, 2.05) is 0 Å². The number of nitrogens with two attached hydrogens (primary N) is 1. The summed E-state index contributed by atoms with van der Waals surface area (Å²) in [4.78, 5) is 13.2. The molecule has 6 nitrogen and oxygen atoms in total. The third kappa shape index (κ3) is 2.91. The van der Waals surface area contributed by atoms with E-state index in [1.165, 1.54) is 6.07 Å². The molecule has 1 aliphatic rings. The molecule has 0 saturated carbocycles. The SMILES string of the molecule is CN1CCN(Nc2cc(C(=O)O)ccc2N)CC1. The molecule has 1 aromatic carbocycles. The minimum absolute atomic E-state index is 0.237. The highest BCUT2D eigenvalue weighted by molar-refractivity contribution is 5.90. The first-order chi connectivity index (χ1) is 8.56. The van der Waals surface area contributed by atoms with E-state index in [1.54, 1.807) is 12.1 Å². The van der Waals surface area contributed by atoms with Gasteiger partial charge < -0.3 is 21.2 Å². The number of carboxylic acids is 1. The number of nitrogen functional groups attached to an aromatic ring is 1. The molecule has 6 heteroatoms. The van der Waals surface area contributed by atoms with Crippen LogP contribution in [0.3, 0.4) is 0 Å². The lowest BCUT2D eigenvalue weighted by Gasteiger charge is -2.33. The fourth-order valence-corrected chi connectivity index (χ4v) is 1.87. The minimum atomic E-state index is -0.948. The zero-order valence-corrected chi connectivity index (χ0v) is 10.4. The highest BCUT2D eigenvalue weighted by Crippen LogP contribution is 2.21. The van der Waals surface area contributed by atoms with Gasteiger partial charge in [0.05, 0.1) is 16.9 Å². The number of benzene rings is 1.